The van der Waals surface area contributed by atoms with Crippen LogP contribution in [0.3, 0.4) is 0 Å². The molecule has 1 amide bonds. The van der Waals surface area contributed by atoms with Gasteiger partial charge in [0.1, 0.15) is 18.0 Å². The summed E-state index contributed by atoms with van der Waals surface area (Å²) in [6.07, 6.45) is 0. The quantitative estimate of drug-likeness (QED) is 0.896. The van der Waals surface area contributed by atoms with Crippen LogP contribution < -0.4 is 15.0 Å². The zero-order valence-electron chi connectivity index (χ0n) is 10.6. The van der Waals surface area contributed by atoms with Crippen LogP contribution in [0.2, 0.25) is 0 Å². The number of nitrogens with one attached hydrogen (secondary N) is 1. The van der Waals surface area contributed by atoms with Crippen molar-refractivity contribution in [2.75, 3.05) is 23.9 Å². The molecular formula is C15H14N2O2. The summed E-state index contributed by atoms with van der Waals surface area (Å²) in [6.45, 7) is 0.310. The van der Waals surface area contributed by atoms with Crippen molar-refractivity contribution in [3.8, 4) is 5.75 Å². The Hall–Kier alpha value is -2.49. The lowest BCUT2D eigenvalue weighted by atomic mass is 10.1. The molecule has 0 saturated heterocycles. The second kappa shape index (κ2) is 4.65. The number of para-hydroxylation sites is 2. The third-order valence-electron chi connectivity index (χ3n) is 3.15. The van der Waals surface area contributed by atoms with Gasteiger partial charge in [0.25, 0.3) is 0 Å². The van der Waals surface area contributed by atoms with Crippen molar-refractivity contribution in [3.05, 3.63) is 48.5 Å². The zero-order valence-corrected chi connectivity index (χ0v) is 10.6. The number of fused-ring (bicyclic) bond motifs is 1. The smallest absolute Gasteiger partial charge is 0.244 e. The van der Waals surface area contributed by atoms with Gasteiger partial charge in [-0.1, -0.05) is 24.3 Å². The van der Waals surface area contributed by atoms with Gasteiger partial charge in [-0.3, -0.25) is 4.79 Å². The van der Waals surface area contributed by atoms with Gasteiger partial charge in [-0.15, -0.1) is 0 Å². The standard InChI is InChI=1S/C15H14N2O2/c1-19-13-9-5-8-12-15(13)16-14(18)10-17(12)11-6-3-2-4-7-11/h2-9H,10H2,1H3,(H,16,18). The molecule has 0 saturated carbocycles. The summed E-state index contributed by atoms with van der Waals surface area (Å²) in [6, 6.07) is 15.6. The van der Waals surface area contributed by atoms with E-state index in [0.29, 0.717) is 12.3 Å². The van der Waals surface area contributed by atoms with Gasteiger partial charge in [0, 0.05) is 5.69 Å². The first-order valence-corrected chi connectivity index (χ1v) is 6.09. The summed E-state index contributed by atoms with van der Waals surface area (Å²) in [5, 5.41) is 2.87. The summed E-state index contributed by atoms with van der Waals surface area (Å²) in [7, 11) is 1.60. The first-order chi connectivity index (χ1) is 9.29. The molecule has 4 heteroatoms. The van der Waals surface area contributed by atoms with Crippen LogP contribution in [0, 0.1) is 0 Å². The van der Waals surface area contributed by atoms with Gasteiger partial charge in [0.15, 0.2) is 0 Å². The highest BCUT2D eigenvalue weighted by Gasteiger charge is 2.25. The Kier molecular flexibility index (Phi) is 2.83. The average molecular weight is 254 g/mol. The minimum atomic E-state index is -0.0409. The summed E-state index contributed by atoms with van der Waals surface area (Å²) < 4.78 is 5.30. The molecule has 0 atom stereocenters. The third kappa shape index (κ3) is 2.01. The first kappa shape index (κ1) is 11.6. The summed E-state index contributed by atoms with van der Waals surface area (Å²) in [4.78, 5) is 13.9. The van der Waals surface area contributed by atoms with E-state index in [0.717, 1.165) is 17.1 Å². The van der Waals surface area contributed by atoms with E-state index in [4.69, 9.17) is 4.74 Å². The lowest BCUT2D eigenvalue weighted by Crippen LogP contribution is -2.35. The summed E-state index contributed by atoms with van der Waals surface area (Å²) in [5.41, 5.74) is 2.67. The molecular weight excluding hydrogens is 240 g/mol. The normalized spacial score (nSPS) is 13.7. The molecule has 2 aromatic rings. The Morgan fingerprint density at radius 1 is 1.11 bits per heavy atom. The Balaban J connectivity index is 2.13. The first-order valence-electron chi connectivity index (χ1n) is 6.09. The van der Waals surface area contributed by atoms with E-state index < -0.39 is 0 Å². The van der Waals surface area contributed by atoms with Gasteiger partial charge in [0.2, 0.25) is 5.91 Å². The van der Waals surface area contributed by atoms with Gasteiger partial charge in [-0.25, -0.2) is 0 Å². The van der Waals surface area contributed by atoms with Crippen molar-refractivity contribution >= 4 is 23.0 Å². The van der Waals surface area contributed by atoms with E-state index in [1.807, 2.05) is 53.4 Å². The minimum absolute atomic E-state index is 0.0409. The Morgan fingerprint density at radius 3 is 2.63 bits per heavy atom. The van der Waals surface area contributed by atoms with Crippen molar-refractivity contribution < 1.29 is 9.53 Å². The number of nitrogens with zero attached hydrogens (tertiary/aromatic N) is 1. The number of hydrogen-bond acceptors (Lipinski definition) is 3. The maximum Gasteiger partial charge on any atom is 0.244 e. The largest absolute Gasteiger partial charge is 0.494 e. The Labute approximate surface area is 111 Å². The van der Waals surface area contributed by atoms with Crippen LogP contribution in [0.25, 0.3) is 0 Å². The minimum Gasteiger partial charge on any atom is -0.494 e. The molecule has 0 unspecified atom stereocenters. The van der Waals surface area contributed by atoms with Crippen LogP contribution in [0.5, 0.6) is 5.75 Å². The molecule has 1 aliphatic rings. The van der Waals surface area contributed by atoms with E-state index in [9.17, 15) is 4.79 Å². The van der Waals surface area contributed by atoms with Gasteiger partial charge >= 0.3 is 0 Å². The average Bonchev–Trinajstić information content (AvgIpc) is 2.46. The van der Waals surface area contributed by atoms with E-state index in [1.54, 1.807) is 7.11 Å². The summed E-state index contributed by atoms with van der Waals surface area (Å²) in [5.74, 6) is 0.632. The van der Waals surface area contributed by atoms with E-state index in [1.165, 1.54) is 0 Å². The Bertz CT molecular complexity index is 611. The molecule has 0 aromatic heterocycles. The van der Waals surface area contributed by atoms with Crippen LogP contribution in [0.15, 0.2) is 48.5 Å². The van der Waals surface area contributed by atoms with Crippen molar-refractivity contribution in [2.24, 2.45) is 0 Å². The van der Waals surface area contributed by atoms with Crippen molar-refractivity contribution in [3.63, 3.8) is 0 Å². The van der Waals surface area contributed by atoms with Gasteiger partial charge < -0.3 is 15.0 Å². The number of amides is 1. The maximum atomic E-state index is 11.9. The molecule has 0 radical (unpaired) electrons. The van der Waals surface area contributed by atoms with Crippen molar-refractivity contribution in [2.45, 2.75) is 0 Å². The molecule has 0 fully saturated rings. The van der Waals surface area contributed by atoms with Gasteiger partial charge in [0.05, 0.1) is 12.8 Å². The molecule has 4 nitrogen and oxygen atoms in total. The molecule has 3 rings (SSSR count). The molecule has 0 spiro atoms. The predicted molar refractivity (Wildman–Crippen MR) is 75.1 cm³/mol. The summed E-state index contributed by atoms with van der Waals surface area (Å²) >= 11 is 0. The van der Waals surface area contributed by atoms with E-state index in [-0.39, 0.29) is 5.91 Å². The highest BCUT2D eigenvalue weighted by Crippen LogP contribution is 2.40. The molecule has 19 heavy (non-hydrogen) atoms. The van der Waals surface area contributed by atoms with Crippen molar-refractivity contribution in [1.82, 2.24) is 0 Å². The van der Waals surface area contributed by atoms with Crippen LogP contribution in [0.4, 0.5) is 17.1 Å². The maximum absolute atomic E-state index is 11.9. The number of carbonyl (C=O) groups is 1. The predicted octanol–water partition coefficient (Wildman–Crippen LogP) is 2.79. The molecule has 1 N–H and O–H groups in total. The number of benzene rings is 2. The molecule has 0 bridgehead atoms. The number of ether oxygens (including phenoxy) is 1. The molecule has 1 heterocycles. The van der Waals surface area contributed by atoms with Gasteiger partial charge in [-0.05, 0) is 24.3 Å². The number of rotatable bonds is 2. The molecule has 2 aromatic carbocycles. The number of methoxy groups -OCH3 is 1. The second-order valence-corrected chi connectivity index (χ2v) is 4.32. The zero-order chi connectivity index (χ0) is 13.2. The third-order valence-corrected chi connectivity index (χ3v) is 3.15. The SMILES string of the molecule is COc1cccc2c1NC(=O)CN2c1ccccc1. The molecule has 96 valence electrons. The van der Waals surface area contributed by atoms with Crippen LogP contribution in [-0.2, 0) is 4.79 Å². The Morgan fingerprint density at radius 2 is 1.89 bits per heavy atom. The lowest BCUT2D eigenvalue weighted by Gasteiger charge is -2.31. The fraction of sp³-hybridized carbons (Fsp3) is 0.133. The van der Waals surface area contributed by atoms with Crippen LogP contribution in [0.1, 0.15) is 0 Å². The second-order valence-electron chi connectivity index (χ2n) is 4.32. The highest BCUT2D eigenvalue weighted by molar-refractivity contribution is 6.04. The fourth-order valence-electron chi connectivity index (χ4n) is 2.29. The fourth-order valence-corrected chi connectivity index (χ4v) is 2.29. The van der Waals surface area contributed by atoms with Crippen LogP contribution >= 0.6 is 0 Å². The molecule has 1 aliphatic heterocycles. The van der Waals surface area contributed by atoms with Crippen molar-refractivity contribution in [1.29, 1.82) is 0 Å². The van der Waals surface area contributed by atoms with E-state index >= 15 is 0 Å². The van der Waals surface area contributed by atoms with Crippen LogP contribution in [-0.4, -0.2) is 19.6 Å². The van der Waals surface area contributed by atoms with E-state index in [2.05, 4.69) is 5.32 Å². The number of anilines is 3. The lowest BCUT2D eigenvalue weighted by molar-refractivity contribution is -0.115. The molecule has 0 aliphatic carbocycles. The topological polar surface area (TPSA) is 41.6 Å². The highest BCUT2D eigenvalue weighted by atomic mass is 16.5. The number of hydrogen-bond donors (Lipinski definition) is 1. The van der Waals surface area contributed by atoms with Gasteiger partial charge in [-0.2, -0.15) is 0 Å². The monoisotopic (exact) mass is 254 g/mol. The number of carbonyl (C=O) groups excluding carboxylic acids is 1.